The van der Waals surface area contributed by atoms with Gasteiger partial charge in [-0.25, -0.2) is 0 Å². The summed E-state index contributed by atoms with van der Waals surface area (Å²) in [7, 11) is 2.12. The van der Waals surface area contributed by atoms with E-state index in [4.69, 9.17) is 4.99 Å². The SMILES string of the molecule is CC(=O)Nc1ccc(Sc2ccccc2C=CC2=NCCN(C)c3ccccc32)cc1.Cl. The van der Waals surface area contributed by atoms with Crippen molar-refractivity contribution in [1.82, 2.24) is 0 Å². The molecule has 1 aliphatic heterocycles. The Balaban J connectivity index is 0.00000289. The third-order valence-electron chi connectivity index (χ3n) is 5.05. The molecule has 6 heteroatoms. The molecular weight excluding hydrogens is 438 g/mol. The summed E-state index contributed by atoms with van der Waals surface area (Å²) in [6, 6.07) is 24.7. The molecule has 32 heavy (non-hydrogen) atoms. The highest BCUT2D eigenvalue weighted by molar-refractivity contribution is 7.99. The molecule has 0 saturated carbocycles. The molecular formula is C26H26ClN3OS. The Morgan fingerprint density at radius 2 is 1.72 bits per heavy atom. The summed E-state index contributed by atoms with van der Waals surface area (Å²) in [5.74, 6) is -0.0647. The van der Waals surface area contributed by atoms with E-state index in [-0.39, 0.29) is 18.3 Å². The van der Waals surface area contributed by atoms with Crippen LogP contribution < -0.4 is 10.2 Å². The second-order valence-electron chi connectivity index (χ2n) is 7.38. The first-order chi connectivity index (χ1) is 15.1. The maximum absolute atomic E-state index is 11.2. The normalized spacial score (nSPS) is 13.1. The Labute approximate surface area is 199 Å². The third-order valence-corrected chi connectivity index (χ3v) is 6.15. The van der Waals surface area contributed by atoms with E-state index in [1.807, 2.05) is 24.3 Å². The van der Waals surface area contributed by atoms with Crippen molar-refractivity contribution in [2.75, 3.05) is 30.4 Å². The van der Waals surface area contributed by atoms with Gasteiger partial charge >= 0.3 is 0 Å². The summed E-state index contributed by atoms with van der Waals surface area (Å²) in [6.45, 7) is 3.21. The number of para-hydroxylation sites is 1. The van der Waals surface area contributed by atoms with Gasteiger partial charge in [0.25, 0.3) is 0 Å². The molecule has 4 nitrogen and oxygen atoms in total. The van der Waals surface area contributed by atoms with Gasteiger partial charge in [0.05, 0.1) is 12.3 Å². The summed E-state index contributed by atoms with van der Waals surface area (Å²) in [5.41, 5.74) is 5.35. The van der Waals surface area contributed by atoms with Crippen molar-refractivity contribution in [1.29, 1.82) is 0 Å². The predicted octanol–water partition coefficient (Wildman–Crippen LogP) is 6.17. The first-order valence-corrected chi connectivity index (χ1v) is 11.1. The molecule has 1 N–H and O–H groups in total. The summed E-state index contributed by atoms with van der Waals surface area (Å²) in [4.78, 5) is 20.6. The van der Waals surface area contributed by atoms with Crippen LogP contribution in [0.15, 0.2) is 93.7 Å². The highest BCUT2D eigenvalue weighted by Gasteiger charge is 2.13. The minimum absolute atomic E-state index is 0. The van der Waals surface area contributed by atoms with Crippen LogP contribution in [0.5, 0.6) is 0 Å². The number of allylic oxidation sites excluding steroid dienone is 1. The first kappa shape index (κ1) is 23.6. The summed E-state index contributed by atoms with van der Waals surface area (Å²) in [6.07, 6.45) is 4.27. The third kappa shape index (κ3) is 5.81. The number of hydrogen-bond acceptors (Lipinski definition) is 4. The topological polar surface area (TPSA) is 44.7 Å². The number of fused-ring (bicyclic) bond motifs is 1. The predicted molar refractivity (Wildman–Crippen MR) is 139 cm³/mol. The second-order valence-corrected chi connectivity index (χ2v) is 8.50. The van der Waals surface area contributed by atoms with Gasteiger partial charge in [-0.2, -0.15) is 0 Å². The molecule has 1 aliphatic rings. The average Bonchev–Trinajstić information content (AvgIpc) is 2.93. The van der Waals surface area contributed by atoms with Gasteiger partial charge in [0.1, 0.15) is 0 Å². The minimum Gasteiger partial charge on any atom is -0.372 e. The molecule has 1 heterocycles. The molecule has 4 rings (SSSR count). The molecule has 3 aromatic carbocycles. The zero-order valence-corrected chi connectivity index (χ0v) is 19.7. The van der Waals surface area contributed by atoms with Gasteiger partial charge in [-0.3, -0.25) is 9.79 Å². The van der Waals surface area contributed by atoms with Crippen molar-refractivity contribution in [3.63, 3.8) is 0 Å². The lowest BCUT2D eigenvalue weighted by Gasteiger charge is -2.18. The van der Waals surface area contributed by atoms with Crippen molar-refractivity contribution in [2.24, 2.45) is 4.99 Å². The highest BCUT2D eigenvalue weighted by atomic mass is 35.5. The van der Waals surface area contributed by atoms with Crippen LogP contribution in [0.3, 0.4) is 0 Å². The number of nitrogens with zero attached hydrogens (tertiary/aromatic N) is 2. The van der Waals surface area contributed by atoms with Crippen molar-refractivity contribution < 1.29 is 4.79 Å². The van der Waals surface area contributed by atoms with Gasteiger partial charge in [0.2, 0.25) is 5.91 Å². The fraction of sp³-hybridized carbons (Fsp3) is 0.154. The van der Waals surface area contributed by atoms with Crippen LogP contribution in [0.2, 0.25) is 0 Å². The number of carbonyl (C=O) groups excluding carboxylic acids is 1. The van der Waals surface area contributed by atoms with Gasteiger partial charge in [-0.15, -0.1) is 12.4 Å². The lowest BCUT2D eigenvalue weighted by Crippen LogP contribution is -2.20. The van der Waals surface area contributed by atoms with E-state index in [0.717, 1.165) is 40.5 Å². The highest BCUT2D eigenvalue weighted by Crippen LogP contribution is 2.32. The molecule has 3 aromatic rings. The van der Waals surface area contributed by atoms with Crippen LogP contribution in [0.25, 0.3) is 6.08 Å². The summed E-state index contributed by atoms with van der Waals surface area (Å²) >= 11 is 1.71. The molecule has 0 aromatic heterocycles. The molecule has 164 valence electrons. The van der Waals surface area contributed by atoms with Gasteiger partial charge in [-0.05, 0) is 48.0 Å². The molecule has 0 atom stereocenters. The molecule has 0 unspecified atom stereocenters. The Morgan fingerprint density at radius 1 is 1.00 bits per heavy atom. The van der Waals surface area contributed by atoms with E-state index >= 15 is 0 Å². The number of hydrogen-bond donors (Lipinski definition) is 1. The minimum atomic E-state index is -0.0647. The summed E-state index contributed by atoms with van der Waals surface area (Å²) in [5, 5.41) is 2.80. The van der Waals surface area contributed by atoms with Crippen molar-refractivity contribution in [3.8, 4) is 0 Å². The van der Waals surface area contributed by atoms with Crippen LogP contribution in [0.1, 0.15) is 18.1 Å². The Kier molecular flexibility index (Phi) is 8.14. The number of benzene rings is 3. The summed E-state index contributed by atoms with van der Waals surface area (Å²) < 4.78 is 0. The zero-order valence-electron chi connectivity index (χ0n) is 18.1. The number of rotatable bonds is 5. The first-order valence-electron chi connectivity index (χ1n) is 10.3. The number of amides is 1. The number of halogens is 1. The fourth-order valence-electron chi connectivity index (χ4n) is 3.51. The Morgan fingerprint density at radius 3 is 2.50 bits per heavy atom. The van der Waals surface area contributed by atoms with Crippen LogP contribution in [-0.2, 0) is 4.79 Å². The van der Waals surface area contributed by atoms with Crippen LogP contribution in [-0.4, -0.2) is 31.8 Å². The van der Waals surface area contributed by atoms with E-state index in [0.29, 0.717) is 0 Å². The van der Waals surface area contributed by atoms with Crippen molar-refractivity contribution in [3.05, 3.63) is 90.0 Å². The van der Waals surface area contributed by atoms with Crippen LogP contribution in [0, 0.1) is 0 Å². The molecule has 1 amide bonds. The largest absolute Gasteiger partial charge is 0.372 e. The number of nitrogens with one attached hydrogen (secondary N) is 1. The van der Waals surface area contributed by atoms with E-state index in [1.165, 1.54) is 17.5 Å². The quantitative estimate of drug-likeness (QED) is 0.492. The lowest BCUT2D eigenvalue weighted by atomic mass is 10.1. The van der Waals surface area contributed by atoms with Crippen molar-refractivity contribution in [2.45, 2.75) is 16.7 Å². The van der Waals surface area contributed by atoms with E-state index in [2.05, 4.69) is 77.9 Å². The Hall–Kier alpha value is -3.02. The van der Waals surface area contributed by atoms with E-state index < -0.39 is 0 Å². The fourth-order valence-corrected chi connectivity index (χ4v) is 4.43. The Bertz CT molecular complexity index is 1140. The molecule has 0 fully saturated rings. The monoisotopic (exact) mass is 463 g/mol. The molecule has 0 aliphatic carbocycles. The van der Waals surface area contributed by atoms with Gasteiger partial charge in [0.15, 0.2) is 0 Å². The number of anilines is 2. The standard InChI is InChI=1S/C26H25N3OS.ClH/c1-19(30)28-21-12-14-22(15-13-21)31-26-10-6-3-7-20(26)11-16-24-23-8-4-5-9-25(23)29(2)18-17-27-24;/h3-16H,17-18H2,1-2H3,(H,28,30);1H. The molecule has 0 bridgehead atoms. The number of benzodiazepines with no additional fused rings is 1. The van der Waals surface area contributed by atoms with Crippen LogP contribution >= 0.6 is 24.2 Å². The van der Waals surface area contributed by atoms with Gasteiger partial charge in [0, 0.05) is 47.2 Å². The number of carbonyl (C=O) groups is 1. The maximum Gasteiger partial charge on any atom is 0.221 e. The molecule has 0 spiro atoms. The van der Waals surface area contributed by atoms with Crippen molar-refractivity contribution >= 4 is 53.2 Å². The van der Waals surface area contributed by atoms with E-state index in [1.54, 1.807) is 11.8 Å². The molecule has 0 saturated heterocycles. The average molecular weight is 464 g/mol. The molecule has 0 radical (unpaired) electrons. The maximum atomic E-state index is 11.2. The smallest absolute Gasteiger partial charge is 0.221 e. The zero-order chi connectivity index (χ0) is 21.6. The number of aliphatic imine (C=N–C) groups is 1. The van der Waals surface area contributed by atoms with Gasteiger partial charge < -0.3 is 10.2 Å². The van der Waals surface area contributed by atoms with E-state index in [9.17, 15) is 4.79 Å². The van der Waals surface area contributed by atoms with Crippen LogP contribution in [0.4, 0.5) is 11.4 Å². The van der Waals surface area contributed by atoms with Gasteiger partial charge in [-0.1, -0.05) is 54.2 Å². The second kappa shape index (κ2) is 11.0. The number of likely N-dealkylation sites (N-methyl/N-ethyl adjacent to an activating group) is 1. The lowest BCUT2D eigenvalue weighted by molar-refractivity contribution is -0.114.